The monoisotopic (exact) mass is 522 g/mol. The fourth-order valence-corrected chi connectivity index (χ4v) is 3.88. The van der Waals surface area contributed by atoms with Crippen molar-refractivity contribution in [3.05, 3.63) is 105 Å². The molecule has 0 unspecified atom stereocenters. The lowest BCUT2D eigenvalue weighted by molar-refractivity contribution is 0.0952. The number of hydrazone groups is 1. The van der Waals surface area contributed by atoms with Crippen molar-refractivity contribution in [1.82, 2.24) is 5.43 Å². The van der Waals surface area contributed by atoms with E-state index in [1.807, 2.05) is 72.8 Å². The largest absolute Gasteiger partial charge is 0.496 e. The van der Waals surface area contributed by atoms with Gasteiger partial charge in [-0.2, -0.15) is 5.10 Å². The van der Waals surface area contributed by atoms with Crippen molar-refractivity contribution >= 4 is 50.4 Å². The van der Waals surface area contributed by atoms with Gasteiger partial charge in [0.25, 0.3) is 5.91 Å². The predicted molar refractivity (Wildman–Crippen MR) is 135 cm³/mol. The lowest BCUT2D eigenvalue weighted by atomic mass is 10.1. The number of rotatable bonds is 7. The van der Waals surface area contributed by atoms with Crippen LogP contribution in [0.15, 0.2) is 88.4 Å². The van der Waals surface area contributed by atoms with Gasteiger partial charge in [-0.25, -0.2) is 5.43 Å². The van der Waals surface area contributed by atoms with Gasteiger partial charge in [0.05, 0.1) is 23.4 Å². The molecule has 4 aromatic carbocycles. The highest BCUT2D eigenvalue weighted by Gasteiger charge is 2.13. The minimum atomic E-state index is -0.351. The summed E-state index contributed by atoms with van der Waals surface area (Å²) in [5, 5.41) is 6.73. The Morgan fingerprint density at radius 2 is 1.73 bits per heavy atom. The highest BCUT2D eigenvalue weighted by molar-refractivity contribution is 9.10. The minimum Gasteiger partial charge on any atom is -0.496 e. The second-order valence-electron chi connectivity index (χ2n) is 7.20. The van der Waals surface area contributed by atoms with E-state index < -0.39 is 0 Å². The summed E-state index contributed by atoms with van der Waals surface area (Å²) in [6.45, 7) is 0.423. The van der Waals surface area contributed by atoms with Crippen molar-refractivity contribution in [3.63, 3.8) is 0 Å². The molecule has 0 aliphatic carbocycles. The topological polar surface area (TPSA) is 59.9 Å². The van der Waals surface area contributed by atoms with E-state index in [1.54, 1.807) is 12.3 Å². The average molecular weight is 524 g/mol. The average Bonchev–Trinajstić information content (AvgIpc) is 2.83. The first kappa shape index (κ1) is 22.8. The van der Waals surface area contributed by atoms with E-state index in [0.717, 1.165) is 26.4 Å². The Labute approximate surface area is 205 Å². The molecule has 0 aliphatic rings. The summed E-state index contributed by atoms with van der Waals surface area (Å²) in [5.74, 6) is 0.842. The molecule has 4 rings (SSSR count). The third-order valence-electron chi connectivity index (χ3n) is 4.96. The fraction of sp³-hybridized carbons (Fsp3) is 0.0769. The number of methoxy groups -OCH3 is 1. The predicted octanol–water partition coefficient (Wildman–Crippen LogP) is 6.61. The molecule has 33 heavy (non-hydrogen) atoms. The molecule has 0 aromatic heterocycles. The van der Waals surface area contributed by atoms with Crippen LogP contribution in [0.2, 0.25) is 5.02 Å². The van der Waals surface area contributed by atoms with Gasteiger partial charge in [0.1, 0.15) is 18.1 Å². The second-order valence-corrected chi connectivity index (χ2v) is 8.49. The molecular weight excluding hydrogens is 504 g/mol. The van der Waals surface area contributed by atoms with Gasteiger partial charge in [0.2, 0.25) is 0 Å². The molecular formula is C26H20BrClN2O3. The molecule has 0 fully saturated rings. The number of halogens is 2. The van der Waals surface area contributed by atoms with Crippen LogP contribution in [0.1, 0.15) is 21.5 Å². The third-order valence-corrected chi connectivity index (χ3v) is 5.83. The van der Waals surface area contributed by atoms with Crippen LogP contribution in [0.4, 0.5) is 0 Å². The third kappa shape index (κ3) is 5.72. The molecule has 0 radical (unpaired) electrons. The maximum absolute atomic E-state index is 12.7. The van der Waals surface area contributed by atoms with Gasteiger partial charge < -0.3 is 9.47 Å². The van der Waals surface area contributed by atoms with Crippen LogP contribution in [-0.2, 0) is 6.61 Å². The van der Waals surface area contributed by atoms with Crippen LogP contribution >= 0.6 is 27.5 Å². The lowest BCUT2D eigenvalue weighted by Crippen LogP contribution is -2.18. The first-order valence-corrected chi connectivity index (χ1v) is 11.3. The standard InChI is InChI=1S/C26H20BrClN2O3/c1-32-25-14-20-5-3-2-4-19(20)13-22(25)26(31)30-29-15-18-8-11-24(23(27)12-18)33-16-17-6-9-21(28)10-7-17/h2-15H,16H2,1H3,(H,30,31)/b29-15-. The smallest absolute Gasteiger partial charge is 0.275 e. The highest BCUT2D eigenvalue weighted by Crippen LogP contribution is 2.27. The number of amides is 1. The van der Waals surface area contributed by atoms with Crippen molar-refractivity contribution in [3.8, 4) is 11.5 Å². The van der Waals surface area contributed by atoms with Crippen molar-refractivity contribution in [1.29, 1.82) is 0 Å². The van der Waals surface area contributed by atoms with Crippen LogP contribution in [0.3, 0.4) is 0 Å². The molecule has 0 heterocycles. The number of hydrogen-bond acceptors (Lipinski definition) is 4. The minimum absolute atomic E-state index is 0.351. The summed E-state index contributed by atoms with van der Waals surface area (Å²) in [6, 6.07) is 24.5. The lowest BCUT2D eigenvalue weighted by Gasteiger charge is -2.10. The van der Waals surface area contributed by atoms with Crippen LogP contribution in [0.5, 0.6) is 11.5 Å². The van der Waals surface area contributed by atoms with E-state index >= 15 is 0 Å². The Balaban J connectivity index is 1.41. The van der Waals surface area contributed by atoms with E-state index in [1.165, 1.54) is 7.11 Å². The molecule has 1 amide bonds. The number of ether oxygens (including phenoxy) is 2. The normalized spacial score (nSPS) is 11.0. The van der Waals surface area contributed by atoms with Crippen molar-refractivity contribution in [2.24, 2.45) is 5.10 Å². The highest BCUT2D eigenvalue weighted by atomic mass is 79.9. The van der Waals surface area contributed by atoms with Gasteiger partial charge in [-0.1, -0.05) is 48.0 Å². The molecule has 4 aromatic rings. The first-order chi connectivity index (χ1) is 16.0. The number of hydrogen-bond donors (Lipinski definition) is 1. The van der Waals surface area contributed by atoms with Crippen molar-refractivity contribution < 1.29 is 14.3 Å². The fourth-order valence-electron chi connectivity index (χ4n) is 3.25. The zero-order valence-corrected chi connectivity index (χ0v) is 20.1. The van der Waals surface area contributed by atoms with Crippen molar-refractivity contribution in [2.75, 3.05) is 7.11 Å². The first-order valence-electron chi connectivity index (χ1n) is 10.1. The van der Waals surface area contributed by atoms with E-state index in [-0.39, 0.29) is 5.91 Å². The van der Waals surface area contributed by atoms with Gasteiger partial charge in [-0.05, 0) is 80.3 Å². The van der Waals surface area contributed by atoms with Crippen LogP contribution in [0.25, 0.3) is 10.8 Å². The Kier molecular flexibility index (Phi) is 7.27. The van der Waals surface area contributed by atoms with Gasteiger partial charge >= 0.3 is 0 Å². The van der Waals surface area contributed by atoms with Gasteiger partial charge in [-0.15, -0.1) is 0 Å². The molecule has 0 saturated carbocycles. The van der Waals surface area contributed by atoms with Crippen LogP contribution in [0, 0.1) is 0 Å². The number of carbonyl (C=O) groups is 1. The van der Waals surface area contributed by atoms with Crippen LogP contribution < -0.4 is 14.9 Å². The Hall–Kier alpha value is -3.35. The number of nitrogens with zero attached hydrogens (tertiary/aromatic N) is 1. The Bertz CT molecular complexity index is 1320. The summed E-state index contributed by atoms with van der Waals surface area (Å²) in [5.41, 5.74) is 4.80. The summed E-state index contributed by atoms with van der Waals surface area (Å²) in [4.78, 5) is 12.7. The molecule has 166 valence electrons. The number of benzene rings is 4. The molecule has 5 nitrogen and oxygen atoms in total. The molecule has 1 N–H and O–H groups in total. The maximum Gasteiger partial charge on any atom is 0.275 e. The Morgan fingerprint density at radius 3 is 2.42 bits per heavy atom. The molecule has 7 heteroatoms. The van der Waals surface area contributed by atoms with E-state index in [4.69, 9.17) is 21.1 Å². The van der Waals surface area contributed by atoms with E-state index in [2.05, 4.69) is 26.5 Å². The van der Waals surface area contributed by atoms with E-state index in [9.17, 15) is 4.79 Å². The molecule has 0 aliphatic heterocycles. The van der Waals surface area contributed by atoms with Gasteiger partial charge in [0.15, 0.2) is 0 Å². The second kappa shape index (κ2) is 10.5. The summed E-state index contributed by atoms with van der Waals surface area (Å²) < 4.78 is 12.0. The SMILES string of the molecule is COc1cc2ccccc2cc1C(=O)N/N=C\c1ccc(OCc2ccc(Cl)cc2)c(Br)c1. The molecule has 0 spiro atoms. The maximum atomic E-state index is 12.7. The number of carbonyl (C=O) groups excluding carboxylic acids is 1. The zero-order chi connectivity index (χ0) is 23.2. The zero-order valence-electron chi connectivity index (χ0n) is 17.7. The molecule has 0 saturated heterocycles. The number of nitrogens with one attached hydrogen (secondary N) is 1. The Morgan fingerprint density at radius 1 is 1.00 bits per heavy atom. The van der Waals surface area contributed by atoms with Crippen molar-refractivity contribution in [2.45, 2.75) is 6.61 Å². The summed E-state index contributed by atoms with van der Waals surface area (Å²) >= 11 is 9.43. The quantitative estimate of drug-likeness (QED) is 0.219. The van der Waals surface area contributed by atoms with Gasteiger partial charge in [-0.3, -0.25) is 4.79 Å². The molecule has 0 bridgehead atoms. The van der Waals surface area contributed by atoms with Gasteiger partial charge in [0, 0.05) is 5.02 Å². The summed E-state index contributed by atoms with van der Waals surface area (Å²) in [7, 11) is 1.54. The van der Waals surface area contributed by atoms with E-state index in [0.29, 0.717) is 28.7 Å². The summed E-state index contributed by atoms with van der Waals surface area (Å²) in [6.07, 6.45) is 1.57. The number of fused-ring (bicyclic) bond motifs is 1. The van der Waals surface area contributed by atoms with Crippen LogP contribution in [-0.4, -0.2) is 19.2 Å². The molecule has 0 atom stereocenters.